The van der Waals surface area contributed by atoms with Gasteiger partial charge in [-0.2, -0.15) is 0 Å². The molecule has 4 nitrogen and oxygen atoms in total. The van der Waals surface area contributed by atoms with Crippen LogP contribution in [0.1, 0.15) is 44.2 Å². The van der Waals surface area contributed by atoms with Crippen LogP contribution < -0.4 is 16.0 Å². The van der Waals surface area contributed by atoms with Crippen molar-refractivity contribution in [1.82, 2.24) is 5.32 Å². The van der Waals surface area contributed by atoms with E-state index in [9.17, 15) is 4.79 Å². The zero-order valence-electron chi connectivity index (χ0n) is 19.3. The lowest BCUT2D eigenvalue weighted by molar-refractivity contribution is 0.245. The molecule has 3 N–H and O–H groups in total. The van der Waals surface area contributed by atoms with E-state index in [1.165, 1.54) is 11.1 Å². The number of rotatable bonds is 10. The van der Waals surface area contributed by atoms with Crippen LogP contribution in [0.5, 0.6) is 0 Å². The highest BCUT2D eigenvalue weighted by Gasteiger charge is 2.18. The molecular weight excluding hydrogens is 394 g/mol. The van der Waals surface area contributed by atoms with Crippen LogP contribution in [0, 0.1) is 0 Å². The number of carbonyl (C=O) groups is 1. The van der Waals surface area contributed by atoms with Gasteiger partial charge in [-0.25, -0.2) is 4.79 Å². The molecule has 0 aromatic heterocycles. The van der Waals surface area contributed by atoms with E-state index in [-0.39, 0.29) is 12.1 Å². The van der Waals surface area contributed by atoms with Crippen molar-refractivity contribution < 1.29 is 4.79 Å². The summed E-state index contributed by atoms with van der Waals surface area (Å²) in [6, 6.07) is 26.6. The predicted molar refractivity (Wildman–Crippen MR) is 135 cm³/mol. The van der Waals surface area contributed by atoms with Gasteiger partial charge in [0, 0.05) is 24.8 Å². The highest BCUT2D eigenvalue weighted by atomic mass is 16.2. The molecule has 4 heteroatoms. The van der Waals surface area contributed by atoms with Crippen LogP contribution in [-0.4, -0.2) is 18.6 Å². The molecule has 168 valence electrons. The molecule has 2 amide bonds. The molecule has 0 spiro atoms. The quantitative estimate of drug-likeness (QED) is 0.406. The van der Waals surface area contributed by atoms with Gasteiger partial charge in [0.15, 0.2) is 0 Å². The van der Waals surface area contributed by atoms with Crippen molar-refractivity contribution in [2.24, 2.45) is 5.73 Å². The summed E-state index contributed by atoms with van der Waals surface area (Å²) >= 11 is 0. The highest BCUT2D eigenvalue weighted by molar-refractivity contribution is 5.92. The Morgan fingerprint density at radius 2 is 1.47 bits per heavy atom. The minimum atomic E-state index is -0.128. The number of hydrogen-bond acceptors (Lipinski definition) is 2. The van der Waals surface area contributed by atoms with Gasteiger partial charge in [0.05, 0.1) is 0 Å². The number of aryl methyl sites for hydroxylation is 1. The lowest BCUT2D eigenvalue weighted by atomic mass is 10.0. The molecule has 3 rings (SSSR count). The van der Waals surface area contributed by atoms with Crippen molar-refractivity contribution >= 4 is 11.7 Å². The van der Waals surface area contributed by atoms with Crippen molar-refractivity contribution in [1.29, 1.82) is 0 Å². The summed E-state index contributed by atoms with van der Waals surface area (Å²) in [5.41, 5.74) is 11.9. The summed E-state index contributed by atoms with van der Waals surface area (Å²) in [4.78, 5) is 14.8. The van der Waals surface area contributed by atoms with Crippen LogP contribution >= 0.6 is 0 Å². The first-order valence-corrected chi connectivity index (χ1v) is 11.6. The molecule has 0 aliphatic rings. The number of nitrogens with two attached hydrogens (primary N) is 1. The van der Waals surface area contributed by atoms with Crippen LogP contribution in [0.3, 0.4) is 0 Å². The van der Waals surface area contributed by atoms with Crippen LogP contribution in [0.25, 0.3) is 11.1 Å². The zero-order valence-corrected chi connectivity index (χ0v) is 19.3. The molecule has 3 aromatic rings. The van der Waals surface area contributed by atoms with Crippen LogP contribution in [0.15, 0.2) is 78.9 Å². The minimum Gasteiger partial charge on any atom is -0.334 e. The van der Waals surface area contributed by atoms with Gasteiger partial charge in [0.2, 0.25) is 0 Å². The van der Waals surface area contributed by atoms with E-state index >= 15 is 0 Å². The Labute approximate surface area is 192 Å². The van der Waals surface area contributed by atoms with E-state index < -0.39 is 0 Å². The molecule has 0 aliphatic carbocycles. The Morgan fingerprint density at radius 3 is 2.06 bits per heavy atom. The van der Waals surface area contributed by atoms with E-state index in [1.54, 1.807) is 4.90 Å². The standard InChI is InChI=1S/C28H35N3O/c1-3-8-22-12-14-24(15-13-22)25-16-18-27(19-17-25)31(21-26(29)9-4-2)28(32)30-20-23-10-6-5-7-11-23/h5-7,10-19,26H,3-4,8-9,20-21,29H2,1-2H3,(H,30,32). The molecule has 0 bridgehead atoms. The number of carbonyl (C=O) groups excluding carboxylic acids is 1. The fraction of sp³-hybridized carbons (Fsp3) is 0.321. The van der Waals surface area contributed by atoms with Gasteiger partial charge in [-0.3, -0.25) is 4.90 Å². The predicted octanol–water partition coefficient (Wildman–Crippen LogP) is 6.15. The fourth-order valence-electron chi connectivity index (χ4n) is 3.86. The Bertz CT molecular complexity index is 952. The topological polar surface area (TPSA) is 58.4 Å². The second kappa shape index (κ2) is 12.1. The molecule has 32 heavy (non-hydrogen) atoms. The summed E-state index contributed by atoms with van der Waals surface area (Å²) in [7, 11) is 0. The van der Waals surface area contributed by atoms with Crippen molar-refractivity contribution in [3.05, 3.63) is 90.0 Å². The number of anilines is 1. The average molecular weight is 430 g/mol. The summed E-state index contributed by atoms with van der Waals surface area (Å²) < 4.78 is 0. The molecule has 3 aromatic carbocycles. The largest absolute Gasteiger partial charge is 0.334 e. The summed E-state index contributed by atoms with van der Waals surface area (Å²) in [5, 5.41) is 3.04. The summed E-state index contributed by atoms with van der Waals surface area (Å²) in [5.74, 6) is 0. The van der Waals surface area contributed by atoms with E-state index in [1.807, 2.05) is 42.5 Å². The van der Waals surface area contributed by atoms with Gasteiger partial charge in [0.1, 0.15) is 0 Å². The summed E-state index contributed by atoms with van der Waals surface area (Å²) in [6.07, 6.45) is 4.12. The maximum Gasteiger partial charge on any atom is 0.322 e. The lowest BCUT2D eigenvalue weighted by Gasteiger charge is -2.26. The Kier molecular flexibility index (Phi) is 8.88. The highest BCUT2D eigenvalue weighted by Crippen LogP contribution is 2.24. The number of nitrogens with zero attached hydrogens (tertiary/aromatic N) is 1. The fourth-order valence-corrected chi connectivity index (χ4v) is 3.86. The smallest absolute Gasteiger partial charge is 0.322 e. The monoisotopic (exact) mass is 429 g/mol. The molecule has 0 fully saturated rings. The maximum atomic E-state index is 13.1. The SMILES string of the molecule is CCCc1ccc(-c2ccc(N(CC(N)CCC)C(=O)NCc3ccccc3)cc2)cc1. The minimum absolute atomic E-state index is 0.0618. The van der Waals surface area contributed by atoms with E-state index in [2.05, 4.69) is 55.6 Å². The van der Waals surface area contributed by atoms with Gasteiger partial charge < -0.3 is 11.1 Å². The summed E-state index contributed by atoms with van der Waals surface area (Å²) in [6.45, 7) is 5.28. The second-order valence-corrected chi connectivity index (χ2v) is 8.30. The van der Waals surface area contributed by atoms with E-state index in [4.69, 9.17) is 5.73 Å². The molecule has 1 atom stereocenters. The molecule has 0 saturated carbocycles. The van der Waals surface area contributed by atoms with E-state index in [0.717, 1.165) is 42.5 Å². The van der Waals surface area contributed by atoms with Crippen molar-refractivity contribution in [3.63, 3.8) is 0 Å². The average Bonchev–Trinajstić information content (AvgIpc) is 2.83. The van der Waals surface area contributed by atoms with Gasteiger partial charge in [-0.1, -0.05) is 93.4 Å². The molecule has 1 unspecified atom stereocenters. The third-order valence-electron chi connectivity index (χ3n) is 5.61. The van der Waals surface area contributed by atoms with Crippen molar-refractivity contribution in [3.8, 4) is 11.1 Å². The first kappa shape index (κ1) is 23.6. The van der Waals surface area contributed by atoms with Crippen molar-refractivity contribution in [2.45, 2.75) is 52.1 Å². The zero-order chi connectivity index (χ0) is 22.8. The number of hydrogen-bond donors (Lipinski definition) is 2. The Balaban J connectivity index is 1.75. The normalized spacial score (nSPS) is 11.7. The maximum absolute atomic E-state index is 13.1. The van der Waals surface area contributed by atoms with Crippen LogP contribution in [0.4, 0.5) is 10.5 Å². The van der Waals surface area contributed by atoms with Gasteiger partial charge in [-0.15, -0.1) is 0 Å². The van der Waals surface area contributed by atoms with E-state index in [0.29, 0.717) is 13.1 Å². The van der Waals surface area contributed by atoms with Gasteiger partial charge >= 0.3 is 6.03 Å². The Hall–Kier alpha value is -3.11. The first-order chi connectivity index (χ1) is 15.6. The lowest BCUT2D eigenvalue weighted by Crippen LogP contribution is -2.46. The third kappa shape index (κ3) is 6.69. The second-order valence-electron chi connectivity index (χ2n) is 8.30. The van der Waals surface area contributed by atoms with Gasteiger partial charge in [0.25, 0.3) is 0 Å². The molecule has 0 saturated heterocycles. The van der Waals surface area contributed by atoms with Gasteiger partial charge in [-0.05, 0) is 47.2 Å². The number of amides is 2. The molecule has 0 radical (unpaired) electrons. The first-order valence-electron chi connectivity index (χ1n) is 11.6. The number of benzene rings is 3. The molecule has 0 aliphatic heterocycles. The molecular formula is C28H35N3O. The third-order valence-corrected chi connectivity index (χ3v) is 5.61. The molecule has 0 heterocycles. The van der Waals surface area contributed by atoms with Crippen molar-refractivity contribution in [2.75, 3.05) is 11.4 Å². The Morgan fingerprint density at radius 1 is 0.844 bits per heavy atom. The van der Waals surface area contributed by atoms with Crippen LogP contribution in [0.2, 0.25) is 0 Å². The van der Waals surface area contributed by atoms with Crippen LogP contribution in [-0.2, 0) is 13.0 Å². The number of urea groups is 1. The number of nitrogens with one attached hydrogen (secondary N) is 1.